The standard InChI is InChI=1S/C14H27NO3/c1-10-6-13(3,4)8-14(7-10,9-16)15-12(17)11(2)18-5/h10-11,16H,6-9H2,1-5H3,(H,15,17)/t10-,11-,14-/m1/s1. The zero-order valence-corrected chi connectivity index (χ0v) is 12.2. The number of methoxy groups -OCH3 is 1. The van der Waals surface area contributed by atoms with Gasteiger partial charge in [0, 0.05) is 7.11 Å². The number of carbonyl (C=O) groups excluding carboxylic acids is 1. The zero-order chi connectivity index (χ0) is 14.0. The zero-order valence-electron chi connectivity index (χ0n) is 12.2. The van der Waals surface area contributed by atoms with Crippen LogP contribution in [0.2, 0.25) is 0 Å². The maximum absolute atomic E-state index is 12.0. The van der Waals surface area contributed by atoms with Crippen LogP contribution in [0.3, 0.4) is 0 Å². The van der Waals surface area contributed by atoms with Gasteiger partial charge in [-0.3, -0.25) is 4.79 Å². The van der Waals surface area contributed by atoms with Crippen molar-refractivity contribution in [3.05, 3.63) is 0 Å². The summed E-state index contributed by atoms with van der Waals surface area (Å²) in [6.45, 7) is 8.27. The molecule has 0 radical (unpaired) electrons. The van der Waals surface area contributed by atoms with E-state index in [4.69, 9.17) is 4.74 Å². The maximum atomic E-state index is 12.0. The van der Waals surface area contributed by atoms with Crippen molar-refractivity contribution in [3.63, 3.8) is 0 Å². The van der Waals surface area contributed by atoms with Gasteiger partial charge in [0.2, 0.25) is 5.91 Å². The third-order valence-electron chi connectivity index (χ3n) is 3.87. The predicted octanol–water partition coefficient (Wildman–Crippen LogP) is 1.71. The molecular formula is C14H27NO3. The van der Waals surface area contributed by atoms with Crippen molar-refractivity contribution < 1.29 is 14.6 Å². The van der Waals surface area contributed by atoms with Gasteiger partial charge in [-0.2, -0.15) is 0 Å². The highest BCUT2D eigenvalue weighted by molar-refractivity contribution is 5.81. The molecule has 0 unspecified atom stereocenters. The lowest BCUT2D eigenvalue weighted by Gasteiger charge is -2.47. The number of hydrogen-bond donors (Lipinski definition) is 2. The molecule has 1 aliphatic carbocycles. The Labute approximate surface area is 110 Å². The van der Waals surface area contributed by atoms with E-state index in [-0.39, 0.29) is 17.9 Å². The number of aliphatic hydroxyl groups is 1. The van der Waals surface area contributed by atoms with Gasteiger partial charge in [0.1, 0.15) is 6.10 Å². The Bertz CT molecular complexity index is 303. The normalized spacial score (nSPS) is 32.9. The van der Waals surface area contributed by atoms with Gasteiger partial charge >= 0.3 is 0 Å². The quantitative estimate of drug-likeness (QED) is 0.806. The first-order valence-electron chi connectivity index (χ1n) is 6.69. The van der Waals surface area contributed by atoms with E-state index in [0.717, 1.165) is 19.3 Å². The molecule has 1 fully saturated rings. The van der Waals surface area contributed by atoms with Crippen LogP contribution in [0.5, 0.6) is 0 Å². The second-order valence-electron chi connectivity index (χ2n) is 6.66. The molecule has 0 aromatic rings. The molecular weight excluding hydrogens is 230 g/mol. The topological polar surface area (TPSA) is 58.6 Å². The van der Waals surface area contributed by atoms with Crippen LogP contribution < -0.4 is 5.32 Å². The van der Waals surface area contributed by atoms with Crippen LogP contribution in [0.4, 0.5) is 0 Å². The maximum Gasteiger partial charge on any atom is 0.249 e. The van der Waals surface area contributed by atoms with Gasteiger partial charge in [0.25, 0.3) is 0 Å². The molecule has 4 heteroatoms. The number of amides is 1. The van der Waals surface area contributed by atoms with Crippen molar-refractivity contribution in [2.24, 2.45) is 11.3 Å². The van der Waals surface area contributed by atoms with E-state index in [0.29, 0.717) is 5.92 Å². The lowest BCUT2D eigenvalue weighted by Crippen LogP contribution is -2.58. The third kappa shape index (κ3) is 3.69. The molecule has 0 spiro atoms. The number of hydrogen-bond acceptors (Lipinski definition) is 3. The molecule has 4 nitrogen and oxygen atoms in total. The highest BCUT2D eigenvalue weighted by Gasteiger charge is 2.43. The van der Waals surface area contributed by atoms with Crippen LogP contribution in [0, 0.1) is 11.3 Å². The van der Waals surface area contributed by atoms with Gasteiger partial charge in [-0.15, -0.1) is 0 Å². The molecule has 1 amide bonds. The lowest BCUT2D eigenvalue weighted by atomic mass is 9.64. The first-order valence-corrected chi connectivity index (χ1v) is 6.69. The number of ether oxygens (including phenoxy) is 1. The van der Waals surface area contributed by atoms with Gasteiger partial charge in [-0.1, -0.05) is 20.8 Å². The molecule has 0 aliphatic heterocycles. The second-order valence-corrected chi connectivity index (χ2v) is 6.66. The molecule has 0 bridgehead atoms. The van der Waals surface area contributed by atoms with Crippen molar-refractivity contribution in [1.29, 1.82) is 0 Å². The summed E-state index contributed by atoms with van der Waals surface area (Å²) in [5.74, 6) is 0.357. The van der Waals surface area contributed by atoms with E-state index >= 15 is 0 Å². The molecule has 106 valence electrons. The molecule has 1 rings (SSSR count). The molecule has 0 saturated heterocycles. The smallest absolute Gasteiger partial charge is 0.249 e. The SMILES string of the molecule is CO[C@H](C)C(=O)N[C@]1(CO)C[C@H](C)CC(C)(C)C1. The Hall–Kier alpha value is -0.610. The summed E-state index contributed by atoms with van der Waals surface area (Å²) in [5.41, 5.74) is -0.352. The first kappa shape index (κ1) is 15.4. The average molecular weight is 257 g/mol. The monoisotopic (exact) mass is 257 g/mol. The molecule has 0 aromatic carbocycles. The van der Waals surface area contributed by atoms with Crippen LogP contribution in [0.1, 0.15) is 47.0 Å². The fourth-order valence-corrected chi connectivity index (χ4v) is 3.47. The van der Waals surface area contributed by atoms with Gasteiger partial charge in [-0.25, -0.2) is 0 Å². The molecule has 1 aliphatic rings. The summed E-state index contributed by atoms with van der Waals surface area (Å²) >= 11 is 0. The van der Waals surface area contributed by atoms with Gasteiger partial charge < -0.3 is 15.2 Å². The minimum atomic E-state index is -0.495. The van der Waals surface area contributed by atoms with Crippen LogP contribution in [0.25, 0.3) is 0 Å². The fourth-order valence-electron chi connectivity index (χ4n) is 3.47. The largest absolute Gasteiger partial charge is 0.394 e. The Kier molecular flexibility index (Phi) is 4.78. The third-order valence-corrected chi connectivity index (χ3v) is 3.87. The average Bonchev–Trinajstić information content (AvgIpc) is 2.24. The summed E-state index contributed by atoms with van der Waals surface area (Å²) in [6.07, 6.45) is 2.29. The van der Waals surface area contributed by atoms with Crippen molar-refractivity contribution in [1.82, 2.24) is 5.32 Å². The van der Waals surface area contributed by atoms with E-state index in [9.17, 15) is 9.90 Å². The molecule has 3 atom stereocenters. The number of aliphatic hydroxyl groups excluding tert-OH is 1. The van der Waals surface area contributed by atoms with Gasteiger partial charge in [0.15, 0.2) is 0 Å². The minimum absolute atomic E-state index is 0.0110. The highest BCUT2D eigenvalue weighted by Crippen LogP contribution is 2.43. The Morgan fingerprint density at radius 3 is 2.56 bits per heavy atom. The molecule has 18 heavy (non-hydrogen) atoms. The van der Waals surface area contributed by atoms with E-state index in [2.05, 4.69) is 26.1 Å². The Morgan fingerprint density at radius 2 is 2.11 bits per heavy atom. The van der Waals surface area contributed by atoms with Crippen molar-refractivity contribution in [3.8, 4) is 0 Å². The van der Waals surface area contributed by atoms with Crippen LogP contribution >= 0.6 is 0 Å². The number of carbonyl (C=O) groups is 1. The van der Waals surface area contributed by atoms with E-state index in [1.54, 1.807) is 6.92 Å². The summed E-state index contributed by atoms with van der Waals surface area (Å²) in [7, 11) is 1.52. The van der Waals surface area contributed by atoms with E-state index in [1.165, 1.54) is 7.11 Å². The lowest BCUT2D eigenvalue weighted by molar-refractivity contribution is -0.134. The van der Waals surface area contributed by atoms with E-state index < -0.39 is 11.6 Å². The molecule has 0 heterocycles. The summed E-state index contributed by atoms with van der Waals surface area (Å²) in [4.78, 5) is 12.0. The van der Waals surface area contributed by atoms with Crippen molar-refractivity contribution >= 4 is 5.91 Å². The summed E-state index contributed by atoms with van der Waals surface area (Å²) < 4.78 is 5.03. The molecule has 1 saturated carbocycles. The minimum Gasteiger partial charge on any atom is -0.394 e. The molecule has 2 N–H and O–H groups in total. The first-order chi connectivity index (χ1) is 8.23. The summed E-state index contributed by atoms with van der Waals surface area (Å²) in [6, 6.07) is 0. The van der Waals surface area contributed by atoms with Gasteiger partial charge in [-0.05, 0) is 37.5 Å². The Balaban J connectivity index is 2.82. The fraction of sp³-hybridized carbons (Fsp3) is 0.929. The van der Waals surface area contributed by atoms with Crippen molar-refractivity contribution in [2.75, 3.05) is 13.7 Å². The number of nitrogens with one attached hydrogen (secondary N) is 1. The van der Waals surface area contributed by atoms with Crippen LogP contribution in [-0.4, -0.2) is 36.4 Å². The molecule has 0 aromatic heterocycles. The van der Waals surface area contributed by atoms with Gasteiger partial charge in [0.05, 0.1) is 12.1 Å². The number of rotatable bonds is 4. The second kappa shape index (κ2) is 5.57. The van der Waals surface area contributed by atoms with Crippen LogP contribution in [0.15, 0.2) is 0 Å². The van der Waals surface area contributed by atoms with Crippen LogP contribution in [-0.2, 0) is 9.53 Å². The van der Waals surface area contributed by atoms with E-state index in [1.807, 2.05) is 0 Å². The Morgan fingerprint density at radius 1 is 1.50 bits per heavy atom. The predicted molar refractivity (Wildman–Crippen MR) is 71.2 cm³/mol. The summed E-state index contributed by atoms with van der Waals surface area (Å²) in [5, 5.41) is 12.7. The highest BCUT2D eigenvalue weighted by atomic mass is 16.5. The van der Waals surface area contributed by atoms with Crippen molar-refractivity contribution in [2.45, 2.75) is 58.6 Å².